The fourth-order valence-electron chi connectivity index (χ4n) is 2.35. The summed E-state index contributed by atoms with van der Waals surface area (Å²) in [5, 5.41) is 3.33. The lowest BCUT2D eigenvalue weighted by atomic mass is 10.1. The van der Waals surface area contributed by atoms with Gasteiger partial charge < -0.3 is 21.7 Å². The van der Waals surface area contributed by atoms with Crippen LogP contribution in [-0.2, 0) is 0 Å². The van der Waals surface area contributed by atoms with Crippen LogP contribution in [0.5, 0.6) is 0 Å². The average Bonchev–Trinajstić information content (AvgIpc) is 2.73. The van der Waals surface area contributed by atoms with E-state index in [-0.39, 0.29) is 0 Å². The van der Waals surface area contributed by atoms with Crippen LogP contribution in [0.3, 0.4) is 0 Å². The Bertz CT molecular complexity index is 447. The number of primary amides is 1. The molecule has 18 heavy (non-hydrogen) atoms. The second-order valence-corrected chi connectivity index (χ2v) is 4.82. The van der Waals surface area contributed by atoms with Gasteiger partial charge in [0.2, 0.25) is 0 Å². The van der Waals surface area contributed by atoms with Gasteiger partial charge in [-0.3, -0.25) is 4.79 Å². The summed E-state index contributed by atoms with van der Waals surface area (Å²) in [4.78, 5) is 13.5. The average molecular weight is 248 g/mol. The molecule has 1 aliphatic heterocycles. The van der Waals surface area contributed by atoms with Crippen molar-refractivity contribution in [3.8, 4) is 0 Å². The van der Waals surface area contributed by atoms with E-state index < -0.39 is 5.91 Å². The quantitative estimate of drug-likeness (QED) is 0.690. The Morgan fingerprint density at radius 1 is 1.56 bits per heavy atom. The zero-order valence-corrected chi connectivity index (χ0v) is 10.6. The highest BCUT2D eigenvalue weighted by atomic mass is 16.1. The number of benzene rings is 1. The predicted octanol–water partition coefficient (Wildman–Crippen LogP) is 0.874. The van der Waals surface area contributed by atoms with E-state index in [2.05, 4.69) is 17.3 Å². The smallest absolute Gasteiger partial charge is 0.250 e. The van der Waals surface area contributed by atoms with E-state index >= 15 is 0 Å². The third-order valence-corrected chi connectivity index (χ3v) is 3.53. The summed E-state index contributed by atoms with van der Waals surface area (Å²) in [7, 11) is 2.14. The number of likely N-dealkylation sites (N-methyl/N-ethyl adjacent to an activating group) is 1. The van der Waals surface area contributed by atoms with Gasteiger partial charge in [0.05, 0.1) is 5.56 Å². The van der Waals surface area contributed by atoms with Gasteiger partial charge in [-0.15, -0.1) is 0 Å². The van der Waals surface area contributed by atoms with Gasteiger partial charge in [-0.05, 0) is 44.6 Å². The van der Waals surface area contributed by atoms with Gasteiger partial charge in [0.25, 0.3) is 5.91 Å². The summed E-state index contributed by atoms with van der Waals surface area (Å²) in [6.45, 7) is 2.03. The molecule has 5 N–H and O–H groups in total. The number of nitrogen functional groups attached to an aromatic ring is 1. The molecule has 1 fully saturated rings. The molecule has 1 aromatic rings. The summed E-state index contributed by atoms with van der Waals surface area (Å²) in [6.07, 6.45) is 2.46. The second kappa shape index (κ2) is 5.27. The molecule has 0 radical (unpaired) electrons. The van der Waals surface area contributed by atoms with Gasteiger partial charge in [-0.1, -0.05) is 0 Å². The van der Waals surface area contributed by atoms with E-state index in [9.17, 15) is 4.79 Å². The molecule has 98 valence electrons. The largest absolute Gasteiger partial charge is 0.398 e. The van der Waals surface area contributed by atoms with Crippen LogP contribution in [0.2, 0.25) is 0 Å². The molecule has 0 bridgehead atoms. The first-order valence-electron chi connectivity index (χ1n) is 6.21. The van der Waals surface area contributed by atoms with Crippen LogP contribution in [0.4, 0.5) is 11.4 Å². The number of amides is 1. The Balaban J connectivity index is 2.01. The summed E-state index contributed by atoms with van der Waals surface area (Å²) in [6, 6.07) is 5.85. The maximum absolute atomic E-state index is 11.2. The summed E-state index contributed by atoms with van der Waals surface area (Å²) < 4.78 is 0. The minimum atomic E-state index is -0.492. The van der Waals surface area contributed by atoms with Crippen LogP contribution in [0.1, 0.15) is 23.2 Å². The van der Waals surface area contributed by atoms with Crippen LogP contribution in [0.15, 0.2) is 18.2 Å². The molecule has 2 rings (SSSR count). The van der Waals surface area contributed by atoms with Gasteiger partial charge >= 0.3 is 0 Å². The van der Waals surface area contributed by atoms with E-state index in [0.29, 0.717) is 17.3 Å². The van der Waals surface area contributed by atoms with Crippen molar-refractivity contribution in [1.29, 1.82) is 0 Å². The van der Waals surface area contributed by atoms with Gasteiger partial charge in [-0.2, -0.15) is 0 Å². The van der Waals surface area contributed by atoms with E-state index in [1.165, 1.54) is 12.8 Å². The lowest BCUT2D eigenvalue weighted by Gasteiger charge is -2.20. The zero-order chi connectivity index (χ0) is 13.1. The fraction of sp³-hybridized carbons (Fsp3) is 0.462. The number of anilines is 2. The van der Waals surface area contributed by atoms with Gasteiger partial charge in [0.15, 0.2) is 0 Å². The number of hydrogen-bond acceptors (Lipinski definition) is 4. The minimum Gasteiger partial charge on any atom is -0.398 e. The molecule has 0 spiro atoms. The Morgan fingerprint density at radius 2 is 2.33 bits per heavy atom. The first kappa shape index (κ1) is 12.7. The third-order valence-electron chi connectivity index (χ3n) is 3.53. The molecule has 1 amide bonds. The molecular weight excluding hydrogens is 228 g/mol. The monoisotopic (exact) mass is 248 g/mol. The molecule has 0 aromatic heterocycles. The Morgan fingerprint density at radius 3 is 2.94 bits per heavy atom. The van der Waals surface area contributed by atoms with Crippen molar-refractivity contribution in [2.75, 3.05) is 31.2 Å². The molecule has 1 aromatic carbocycles. The normalized spacial score (nSPS) is 19.9. The molecule has 0 saturated carbocycles. The van der Waals surface area contributed by atoms with E-state index in [0.717, 1.165) is 18.8 Å². The number of nitrogens with one attached hydrogen (secondary N) is 1. The molecular formula is C13H20N4O. The van der Waals surface area contributed by atoms with Crippen molar-refractivity contribution >= 4 is 17.3 Å². The van der Waals surface area contributed by atoms with Crippen molar-refractivity contribution in [2.45, 2.75) is 18.9 Å². The number of likely N-dealkylation sites (tertiary alicyclic amines) is 1. The SMILES string of the molecule is CN1CCCC1CNc1ccc(N)c(C(N)=O)c1. The number of carbonyl (C=O) groups excluding carboxylic acids is 1. The number of hydrogen-bond donors (Lipinski definition) is 3. The van der Waals surface area contributed by atoms with Crippen LogP contribution in [0.25, 0.3) is 0 Å². The Hall–Kier alpha value is -1.75. The standard InChI is InChI=1S/C13H20N4O/c1-17-6-2-3-10(17)8-16-9-4-5-12(14)11(7-9)13(15)18/h4-5,7,10,16H,2-3,6,8,14H2,1H3,(H2,15,18). The Kier molecular flexibility index (Phi) is 3.72. The lowest BCUT2D eigenvalue weighted by Crippen LogP contribution is -2.31. The van der Waals surface area contributed by atoms with Gasteiger partial charge in [0, 0.05) is 24.0 Å². The first-order valence-corrected chi connectivity index (χ1v) is 6.21. The topological polar surface area (TPSA) is 84.4 Å². The maximum atomic E-state index is 11.2. The van der Waals surface area contributed by atoms with E-state index in [1.807, 2.05) is 6.07 Å². The van der Waals surface area contributed by atoms with Crippen LogP contribution < -0.4 is 16.8 Å². The molecule has 1 atom stereocenters. The van der Waals surface area contributed by atoms with Crippen molar-refractivity contribution < 1.29 is 4.79 Å². The van der Waals surface area contributed by atoms with Crippen LogP contribution in [0, 0.1) is 0 Å². The number of rotatable bonds is 4. The summed E-state index contributed by atoms with van der Waals surface area (Å²) >= 11 is 0. The highest BCUT2D eigenvalue weighted by Gasteiger charge is 2.20. The van der Waals surface area contributed by atoms with E-state index in [1.54, 1.807) is 12.1 Å². The van der Waals surface area contributed by atoms with Crippen molar-refractivity contribution in [2.24, 2.45) is 5.73 Å². The highest BCUT2D eigenvalue weighted by Crippen LogP contribution is 2.19. The lowest BCUT2D eigenvalue weighted by molar-refractivity contribution is 0.100. The molecule has 0 aliphatic carbocycles. The van der Waals surface area contributed by atoms with Gasteiger partial charge in [-0.25, -0.2) is 0 Å². The van der Waals surface area contributed by atoms with Crippen LogP contribution in [-0.4, -0.2) is 37.0 Å². The van der Waals surface area contributed by atoms with E-state index in [4.69, 9.17) is 11.5 Å². The maximum Gasteiger partial charge on any atom is 0.250 e. The number of nitrogens with two attached hydrogens (primary N) is 2. The number of nitrogens with zero attached hydrogens (tertiary/aromatic N) is 1. The number of carbonyl (C=O) groups is 1. The first-order chi connectivity index (χ1) is 8.58. The molecule has 1 saturated heterocycles. The second-order valence-electron chi connectivity index (χ2n) is 4.82. The van der Waals surface area contributed by atoms with Crippen molar-refractivity contribution in [3.63, 3.8) is 0 Å². The minimum absolute atomic E-state index is 0.375. The zero-order valence-electron chi connectivity index (χ0n) is 10.6. The molecule has 1 aliphatic rings. The van der Waals surface area contributed by atoms with Crippen LogP contribution >= 0.6 is 0 Å². The highest BCUT2D eigenvalue weighted by molar-refractivity contribution is 5.98. The molecule has 1 unspecified atom stereocenters. The summed E-state index contributed by atoms with van der Waals surface area (Å²) in [5.74, 6) is -0.492. The summed E-state index contributed by atoms with van der Waals surface area (Å²) in [5.41, 5.74) is 12.6. The van der Waals surface area contributed by atoms with Crippen molar-refractivity contribution in [3.05, 3.63) is 23.8 Å². The third kappa shape index (κ3) is 2.73. The predicted molar refractivity (Wildman–Crippen MR) is 73.5 cm³/mol. The molecule has 1 heterocycles. The van der Waals surface area contributed by atoms with Crippen molar-refractivity contribution in [1.82, 2.24) is 4.90 Å². The Labute approximate surface area is 107 Å². The molecule has 5 nitrogen and oxygen atoms in total. The van der Waals surface area contributed by atoms with Gasteiger partial charge in [0.1, 0.15) is 0 Å². The fourth-order valence-corrected chi connectivity index (χ4v) is 2.35. The molecule has 5 heteroatoms.